The fourth-order valence-corrected chi connectivity index (χ4v) is 3.53. The number of nitrogens with zero attached hydrogens (tertiary/aromatic N) is 3. The van der Waals surface area contributed by atoms with Crippen LogP contribution in [-0.2, 0) is 0 Å². The van der Waals surface area contributed by atoms with Crippen molar-refractivity contribution in [1.29, 1.82) is 0 Å². The quantitative estimate of drug-likeness (QED) is 0.709. The lowest BCUT2D eigenvalue weighted by molar-refractivity contribution is 0.0784. The lowest BCUT2D eigenvalue weighted by Gasteiger charge is -2.17. The zero-order valence-corrected chi connectivity index (χ0v) is 15.5. The van der Waals surface area contributed by atoms with E-state index in [9.17, 15) is 4.79 Å². The van der Waals surface area contributed by atoms with Gasteiger partial charge in [0.15, 0.2) is 5.76 Å². The SMILES string of the molecule is Cc1ccc(-n2nc(-c3ccc(C)o3)cc2C(=O)N2CCCC2)c(C)c1. The van der Waals surface area contributed by atoms with E-state index in [2.05, 4.69) is 13.0 Å². The summed E-state index contributed by atoms with van der Waals surface area (Å²) >= 11 is 0. The molecule has 0 aliphatic carbocycles. The molecule has 0 N–H and O–H groups in total. The van der Waals surface area contributed by atoms with Crippen LogP contribution in [0.1, 0.15) is 40.2 Å². The Hall–Kier alpha value is -2.82. The van der Waals surface area contributed by atoms with Crippen LogP contribution in [0.5, 0.6) is 0 Å². The second-order valence-corrected chi connectivity index (χ2v) is 7.03. The summed E-state index contributed by atoms with van der Waals surface area (Å²) in [5.41, 5.74) is 4.47. The molecule has 3 heterocycles. The molecule has 1 fully saturated rings. The first-order valence-corrected chi connectivity index (χ1v) is 9.07. The molecule has 0 saturated carbocycles. The van der Waals surface area contributed by atoms with Crippen LogP contribution in [0.4, 0.5) is 0 Å². The smallest absolute Gasteiger partial charge is 0.272 e. The van der Waals surface area contributed by atoms with Crippen LogP contribution in [0.2, 0.25) is 0 Å². The minimum Gasteiger partial charge on any atom is -0.460 e. The van der Waals surface area contributed by atoms with Crippen molar-refractivity contribution in [2.45, 2.75) is 33.6 Å². The number of aryl methyl sites for hydroxylation is 3. The molecule has 1 amide bonds. The van der Waals surface area contributed by atoms with Crippen LogP contribution in [0.15, 0.2) is 40.8 Å². The van der Waals surface area contributed by atoms with E-state index in [0.717, 1.165) is 42.9 Å². The van der Waals surface area contributed by atoms with Gasteiger partial charge in [0.25, 0.3) is 5.91 Å². The number of amides is 1. The van der Waals surface area contributed by atoms with Crippen molar-refractivity contribution in [3.05, 3.63) is 59.0 Å². The maximum absolute atomic E-state index is 13.1. The van der Waals surface area contributed by atoms with Crippen LogP contribution in [-0.4, -0.2) is 33.7 Å². The van der Waals surface area contributed by atoms with Gasteiger partial charge in [0, 0.05) is 19.2 Å². The number of carbonyl (C=O) groups excluding carboxylic acids is 1. The topological polar surface area (TPSA) is 51.3 Å². The van der Waals surface area contributed by atoms with Crippen molar-refractivity contribution in [3.8, 4) is 17.1 Å². The van der Waals surface area contributed by atoms with Crippen molar-refractivity contribution in [2.75, 3.05) is 13.1 Å². The van der Waals surface area contributed by atoms with Gasteiger partial charge < -0.3 is 9.32 Å². The molecule has 1 aliphatic rings. The lowest BCUT2D eigenvalue weighted by Crippen LogP contribution is -2.29. The van der Waals surface area contributed by atoms with Crippen molar-refractivity contribution < 1.29 is 9.21 Å². The van der Waals surface area contributed by atoms with Crippen molar-refractivity contribution in [1.82, 2.24) is 14.7 Å². The summed E-state index contributed by atoms with van der Waals surface area (Å²) in [7, 11) is 0. The number of benzene rings is 1. The van der Waals surface area contributed by atoms with Gasteiger partial charge in [-0.05, 0) is 57.4 Å². The molecule has 0 unspecified atom stereocenters. The van der Waals surface area contributed by atoms with Crippen molar-refractivity contribution in [3.63, 3.8) is 0 Å². The van der Waals surface area contributed by atoms with Gasteiger partial charge >= 0.3 is 0 Å². The largest absolute Gasteiger partial charge is 0.460 e. The average molecular weight is 349 g/mol. The van der Waals surface area contributed by atoms with Gasteiger partial charge in [0.05, 0.1) is 5.69 Å². The van der Waals surface area contributed by atoms with E-state index < -0.39 is 0 Å². The van der Waals surface area contributed by atoms with Crippen LogP contribution in [0.25, 0.3) is 17.1 Å². The fraction of sp³-hybridized carbons (Fsp3) is 0.333. The number of furan rings is 1. The average Bonchev–Trinajstić information content (AvgIpc) is 3.34. The summed E-state index contributed by atoms with van der Waals surface area (Å²) < 4.78 is 7.49. The minimum atomic E-state index is 0.0319. The van der Waals surface area contributed by atoms with E-state index in [1.165, 1.54) is 5.56 Å². The molecule has 5 nitrogen and oxygen atoms in total. The molecule has 5 heteroatoms. The van der Waals surface area contributed by atoms with E-state index in [0.29, 0.717) is 17.1 Å². The highest BCUT2D eigenvalue weighted by molar-refractivity contribution is 5.94. The summed E-state index contributed by atoms with van der Waals surface area (Å²) in [6, 6.07) is 11.8. The van der Waals surface area contributed by atoms with Gasteiger partial charge in [-0.2, -0.15) is 5.10 Å². The highest BCUT2D eigenvalue weighted by Gasteiger charge is 2.26. The number of aromatic nitrogens is 2. The lowest BCUT2D eigenvalue weighted by atomic mass is 10.1. The van der Waals surface area contributed by atoms with Crippen LogP contribution >= 0.6 is 0 Å². The van der Waals surface area contributed by atoms with E-state index in [4.69, 9.17) is 9.52 Å². The molecule has 0 spiro atoms. The van der Waals surface area contributed by atoms with Crippen molar-refractivity contribution >= 4 is 5.91 Å². The fourth-order valence-electron chi connectivity index (χ4n) is 3.53. The van der Waals surface area contributed by atoms with Crippen LogP contribution in [0.3, 0.4) is 0 Å². The first-order chi connectivity index (χ1) is 12.5. The zero-order chi connectivity index (χ0) is 18.3. The van der Waals surface area contributed by atoms with E-state index in [-0.39, 0.29) is 5.91 Å². The molecule has 1 aliphatic heterocycles. The number of likely N-dealkylation sites (tertiary alicyclic amines) is 1. The second-order valence-electron chi connectivity index (χ2n) is 7.03. The second kappa shape index (κ2) is 6.48. The molecular formula is C21H23N3O2. The Kier molecular flexibility index (Phi) is 4.15. The highest BCUT2D eigenvalue weighted by atomic mass is 16.3. The molecule has 134 valence electrons. The normalized spacial score (nSPS) is 14.2. The number of rotatable bonds is 3. The van der Waals surface area contributed by atoms with Gasteiger partial charge in [-0.25, -0.2) is 4.68 Å². The minimum absolute atomic E-state index is 0.0319. The van der Waals surface area contributed by atoms with Crippen molar-refractivity contribution in [2.24, 2.45) is 0 Å². The molecule has 3 aromatic rings. The number of hydrogen-bond acceptors (Lipinski definition) is 3. The molecule has 26 heavy (non-hydrogen) atoms. The van der Waals surface area contributed by atoms with Crippen LogP contribution < -0.4 is 0 Å². The summed E-state index contributed by atoms with van der Waals surface area (Å²) in [6.07, 6.45) is 2.13. The Bertz CT molecular complexity index is 962. The summed E-state index contributed by atoms with van der Waals surface area (Å²) in [5.74, 6) is 1.54. The Balaban J connectivity index is 1.84. The van der Waals surface area contributed by atoms with Gasteiger partial charge in [0.2, 0.25) is 0 Å². The van der Waals surface area contributed by atoms with Gasteiger partial charge in [0.1, 0.15) is 17.1 Å². The predicted molar refractivity (Wildman–Crippen MR) is 101 cm³/mol. The summed E-state index contributed by atoms with van der Waals surface area (Å²) in [5, 5.41) is 4.72. The third-order valence-electron chi connectivity index (χ3n) is 4.90. The molecule has 0 atom stereocenters. The third-order valence-corrected chi connectivity index (χ3v) is 4.90. The highest BCUT2D eigenvalue weighted by Crippen LogP contribution is 2.26. The molecular weight excluding hydrogens is 326 g/mol. The first kappa shape index (κ1) is 16.6. The van der Waals surface area contributed by atoms with Gasteiger partial charge in [-0.3, -0.25) is 4.79 Å². The van der Waals surface area contributed by atoms with E-state index in [1.54, 1.807) is 4.68 Å². The standard InChI is InChI=1S/C21H23N3O2/c1-14-6-8-18(15(2)12-14)24-19(21(25)23-10-4-5-11-23)13-17(22-24)20-9-7-16(3)26-20/h6-9,12-13H,4-5,10-11H2,1-3H3. The van der Waals surface area contributed by atoms with E-state index in [1.807, 2.05) is 49.1 Å². The summed E-state index contributed by atoms with van der Waals surface area (Å²) in [6.45, 7) is 7.64. The van der Waals surface area contributed by atoms with Gasteiger partial charge in [-0.15, -0.1) is 0 Å². The summed E-state index contributed by atoms with van der Waals surface area (Å²) in [4.78, 5) is 15.0. The maximum atomic E-state index is 13.1. The Labute approximate surface area is 153 Å². The van der Waals surface area contributed by atoms with Crippen LogP contribution in [0, 0.1) is 20.8 Å². The predicted octanol–water partition coefficient (Wildman–Crippen LogP) is 4.29. The van der Waals surface area contributed by atoms with Gasteiger partial charge in [-0.1, -0.05) is 17.7 Å². The molecule has 2 aromatic heterocycles. The first-order valence-electron chi connectivity index (χ1n) is 9.07. The number of carbonyl (C=O) groups is 1. The maximum Gasteiger partial charge on any atom is 0.272 e. The molecule has 1 aromatic carbocycles. The number of hydrogen-bond donors (Lipinski definition) is 0. The molecule has 0 bridgehead atoms. The molecule has 4 rings (SSSR count). The Morgan fingerprint density at radius 3 is 2.46 bits per heavy atom. The van der Waals surface area contributed by atoms with E-state index >= 15 is 0 Å². The monoisotopic (exact) mass is 349 g/mol. The Morgan fingerprint density at radius 2 is 1.81 bits per heavy atom. The third kappa shape index (κ3) is 2.94. The molecule has 1 saturated heterocycles. The molecule has 0 radical (unpaired) electrons. The Morgan fingerprint density at radius 1 is 1.04 bits per heavy atom. The zero-order valence-electron chi connectivity index (χ0n) is 15.5.